The summed E-state index contributed by atoms with van der Waals surface area (Å²) in [6, 6.07) is 7.37. The van der Waals surface area contributed by atoms with Gasteiger partial charge in [0.15, 0.2) is 0 Å². The minimum atomic E-state index is -0.733. The van der Waals surface area contributed by atoms with E-state index in [2.05, 4.69) is 15.6 Å². The predicted octanol–water partition coefficient (Wildman–Crippen LogP) is 0.342. The number of Topliss-reactive ketones (excluding diaryl/α,β-unsaturated/α-hetero) is 1. The molecule has 0 bridgehead atoms. The number of carbonyl (C=O) groups excluding carboxylic acids is 5. The summed E-state index contributed by atoms with van der Waals surface area (Å²) in [5.74, 6) is -2.45. The average molecular weight is 406 g/mol. The van der Waals surface area contributed by atoms with Crippen LogP contribution in [0.25, 0.3) is 0 Å². The van der Waals surface area contributed by atoms with E-state index in [1.807, 2.05) is 0 Å². The third kappa shape index (κ3) is 3.69. The molecule has 30 heavy (non-hydrogen) atoms. The molecule has 0 spiro atoms. The van der Waals surface area contributed by atoms with Gasteiger partial charge in [-0.2, -0.15) is 0 Å². The molecule has 3 heterocycles. The van der Waals surface area contributed by atoms with E-state index < -0.39 is 23.6 Å². The van der Waals surface area contributed by atoms with E-state index in [9.17, 15) is 24.0 Å². The zero-order valence-corrected chi connectivity index (χ0v) is 15.9. The molecule has 0 radical (unpaired) electrons. The number of imide groups is 1. The predicted molar refractivity (Wildman–Crippen MR) is 103 cm³/mol. The quantitative estimate of drug-likeness (QED) is 0.419. The molecular weight excluding hydrogens is 388 g/mol. The molecule has 1 saturated heterocycles. The van der Waals surface area contributed by atoms with Crippen LogP contribution < -0.4 is 10.6 Å². The highest BCUT2D eigenvalue weighted by atomic mass is 16.2. The Morgan fingerprint density at radius 2 is 1.90 bits per heavy atom. The largest absolute Gasteiger partial charge is 0.345 e. The molecule has 9 heteroatoms. The molecule has 1 fully saturated rings. The van der Waals surface area contributed by atoms with Gasteiger partial charge in [0.05, 0.1) is 0 Å². The molecule has 1 aromatic heterocycles. The van der Waals surface area contributed by atoms with Crippen LogP contribution >= 0.6 is 0 Å². The summed E-state index contributed by atoms with van der Waals surface area (Å²) in [5.41, 5.74) is 2.20. The summed E-state index contributed by atoms with van der Waals surface area (Å²) in [7, 11) is 0. The highest BCUT2D eigenvalue weighted by Crippen LogP contribution is 2.28. The molecule has 1 atom stereocenters. The number of piperidine rings is 1. The van der Waals surface area contributed by atoms with E-state index in [0.717, 1.165) is 11.1 Å². The molecule has 9 nitrogen and oxygen atoms in total. The topological polar surface area (TPSA) is 126 Å². The van der Waals surface area contributed by atoms with Gasteiger partial charge in [-0.15, -0.1) is 0 Å². The smallest absolute Gasteiger partial charge is 0.292 e. The lowest BCUT2D eigenvalue weighted by Gasteiger charge is -2.29. The van der Waals surface area contributed by atoms with Gasteiger partial charge in [0, 0.05) is 43.0 Å². The summed E-state index contributed by atoms with van der Waals surface area (Å²) in [6.45, 7) is 0.369. The Labute approximate surface area is 171 Å². The lowest BCUT2D eigenvalue weighted by Crippen LogP contribution is -2.52. The Hall–Kier alpha value is -3.88. The molecule has 2 aliphatic heterocycles. The number of nitrogens with zero attached hydrogens (tertiary/aromatic N) is 2. The van der Waals surface area contributed by atoms with Crippen molar-refractivity contribution in [3.8, 4) is 0 Å². The van der Waals surface area contributed by atoms with Crippen molar-refractivity contribution in [2.45, 2.75) is 32.0 Å². The minimum Gasteiger partial charge on any atom is -0.345 e. The van der Waals surface area contributed by atoms with Crippen molar-refractivity contribution in [1.82, 2.24) is 20.5 Å². The second-order valence-electron chi connectivity index (χ2n) is 7.14. The maximum atomic E-state index is 12.7. The van der Waals surface area contributed by atoms with Crippen molar-refractivity contribution in [3.63, 3.8) is 0 Å². The van der Waals surface area contributed by atoms with Crippen molar-refractivity contribution in [2.24, 2.45) is 0 Å². The molecule has 2 aromatic rings. The summed E-state index contributed by atoms with van der Waals surface area (Å²) in [4.78, 5) is 65.6. The summed E-state index contributed by atoms with van der Waals surface area (Å²) >= 11 is 0. The monoisotopic (exact) mass is 406 g/mol. The van der Waals surface area contributed by atoms with Crippen LogP contribution in [0.4, 0.5) is 0 Å². The number of hydrogen-bond acceptors (Lipinski definition) is 6. The van der Waals surface area contributed by atoms with Crippen molar-refractivity contribution in [1.29, 1.82) is 0 Å². The Kier molecular flexibility index (Phi) is 5.09. The maximum Gasteiger partial charge on any atom is 0.292 e. The standard InChI is InChI=1S/C21H18N4O5/c26-17-4-3-16(19(28)24-17)25-11-14-9-12(1-2-15(14)21(25)30)10-23-20(29)18(27)13-5-7-22-8-6-13/h1-2,5-9,16H,3-4,10-11H2,(H,23,29)(H,24,26,28). The van der Waals surface area contributed by atoms with Crippen LogP contribution in [0.15, 0.2) is 42.7 Å². The van der Waals surface area contributed by atoms with Gasteiger partial charge in [-0.3, -0.25) is 34.3 Å². The van der Waals surface area contributed by atoms with E-state index in [4.69, 9.17) is 0 Å². The molecule has 4 rings (SSSR count). The molecule has 1 unspecified atom stereocenters. The molecule has 0 aliphatic carbocycles. The Morgan fingerprint density at radius 3 is 2.63 bits per heavy atom. The second-order valence-corrected chi connectivity index (χ2v) is 7.14. The zero-order valence-electron chi connectivity index (χ0n) is 15.9. The first kappa shape index (κ1) is 19.4. The van der Waals surface area contributed by atoms with Crippen LogP contribution in [0.5, 0.6) is 0 Å². The molecule has 4 amide bonds. The third-order valence-corrected chi connectivity index (χ3v) is 5.19. The van der Waals surface area contributed by atoms with Gasteiger partial charge in [0.2, 0.25) is 17.6 Å². The first-order chi connectivity index (χ1) is 14.4. The van der Waals surface area contributed by atoms with Crippen LogP contribution in [0.3, 0.4) is 0 Å². The highest BCUT2D eigenvalue weighted by molar-refractivity contribution is 6.42. The van der Waals surface area contributed by atoms with Gasteiger partial charge in [0.1, 0.15) is 6.04 Å². The summed E-state index contributed by atoms with van der Waals surface area (Å²) in [6.07, 6.45) is 3.36. The lowest BCUT2D eigenvalue weighted by atomic mass is 10.0. The summed E-state index contributed by atoms with van der Waals surface area (Å²) in [5, 5.41) is 4.84. The fourth-order valence-corrected chi connectivity index (χ4v) is 3.63. The number of hydrogen-bond donors (Lipinski definition) is 2. The highest BCUT2D eigenvalue weighted by Gasteiger charge is 2.39. The number of carbonyl (C=O) groups is 5. The van der Waals surface area contributed by atoms with Gasteiger partial charge in [0.25, 0.3) is 11.8 Å². The number of pyridine rings is 1. The molecule has 2 aliphatic rings. The van der Waals surface area contributed by atoms with Crippen LogP contribution in [0.2, 0.25) is 0 Å². The Bertz CT molecular complexity index is 1070. The minimum absolute atomic E-state index is 0.121. The number of amides is 4. The lowest BCUT2D eigenvalue weighted by molar-refractivity contribution is -0.137. The second kappa shape index (κ2) is 7.86. The van der Waals surface area contributed by atoms with Crippen molar-refractivity contribution >= 4 is 29.4 Å². The van der Waals surface area contributed by atoms with Crippen LogP contribution in [0.1, 0.15) is 44.7 Å². The van der Waals surface area contributed by atoms with Crippen molar-refractivity contribution in [2.75, 3.05) is 0 Å². The van der Waals surface area contributed by atoms with E-state index in [-0.39, 0.29) is 36.9 Å². The molecule has 152 valence electrons. The molecule has 1 aromatic carbocycles. The number of rotatable bonds is 5. The van der Waals surface area contributed by atoms with E-state index >= 15 is 0 Å². The van der Waals surface area contributed by atoms with Gasteiger partial charge >= 0.3 is 0 Å². The summed E-state index contributed by atoms with van der Waals surface area (Å²) < 4.78 is 0. The van der Waals surface area contributed by atoms with E-state index in [1.165, 1.54) is 29.4 Å². The van der Waals surface area contributed by atoms with Crippen LogP contribution in [0, 0.1) is 0 Å². The van der Waals surface area contributed by atoms with Gasteiger partial charge in [-0.05, 0) is 35.7 Å². The van der Waals surface area contributed by atoms with Crippen molar-refractivity contribution in [3.05, 3.63) is 65.0 Å². The van der Waals surface area contributed by atoms with Gasteiger partial charge in [-0.1, -0.05) is 12.1 Å². The number of benzene rings is 1. The fourth-order valence-electron chi connectivity index (χ4n) is 3.63. The van der Waals surface area contributed by atoms with E-state index in [1.54, 1.807) is 18.2 Å². The Balaban J connectivity index is 1.42. The molecule has 0 saturated carbocycles. The Morgan fingerprint density at radius 1 is 1.13 bits per heavy atom. The SMILES string of the molecule is O=C1CCC(N2Cc3cc(CNC(=O)C(=O)c4ccncc4)ccc3C2=O)C(=O)N1. The first-order valence-electron chi connectivity index (χ1n) is 9.43. The number of nitrogens with one attached hydrogen (secondary N) is 2. The van der Waals surface area contributed by atoms with E-state index in [0.29, 0.717) is 12.0 Å². The molecular formula is C21H18N4O5. The average Bonchev–Trinajstić information content (AvgIpc) is 3.07. The first-order valence-corrected chi connectivity index (χ1v) is 9.43. The van der Waals surface area contributed by atoms with Crippen molar-refractivity contribution < 1.29 is 24.0 Å². The number of fused-ring (bicyclic) bond motifs is 1. The normalized spacial score (nSPS) is 18.1. The van der Waals surface area contributed by atoms with Crippen LogP contribution in [-0.4, -0.2) is 45.3 Å². The van der Waals surface area contributed by atoms with Gasteiger partial charge < -0.3 is 10.2 Å². The zero-order chi connectivity index (χ0) is 21.3. The van der Waals surface area contributed by atoms with Gasteiger partial charge in [-0.25, -0.2) is 0 Å². The number of ketones is 1. The number of aromatic nitrogens is 1. The fraction of sp³-hybridized carbons (Fsp3) is 0.238. The third-order valence-electron chi connectivity index (χ3n) is 5.19. The maximum absolute atomic E-state index is 12.7. The van der Waals surface area contributed by atoms with Crippen LogP contribution in [-0.2, 0) is 27.5 Å². The molecule has 2 N–H and O–H groups in total.